The minimum absolute atomic E-state index is 0.144. The summed E-state index contributed by atoms with van der Waals surface area (Å²) >= 11 is 5.99. The van der Waals surface area contributed by atoms with E-state index in [1.54, 1.807) is 12.1 Å². The van der Waals surface area contributed by atoms with Crippen LogP contribution in [-0.4, -0.2) is 59.9 Å². The standard InChI is InChI=1S/C24H26ClN3O3/c1-31-24(30)23(17-6-9-19(25)10-7-17)28-14-12-27(13-15-28)22(29)11-8-18-16-26-21-5-3-2-4-20(18)21/h2-7,9-10,16,23,26H,8,11-15H2,1H3/t23-/m1/s1. The van der Waals surface area contributed by atoms with Crippen molar-refractivity contribution in [2.75, 3.05) is 33.3 Å². The summed E-state index contributed by atoms with van der Waals surface area (Å²) in [6.45, 7) is 2.41. The molecular formula is C24H26ClN3O3. The zero-order valence-electron chi connectivity index (χ0n) is 17.5. The van der Waals surface area contributed by atoms with Gasteiger partial charge in [-0.05, 0) is 35.7 Å². The second-order valence-electron chi connectivity index (χ2n) is 7.75. The number of carbonyl (C=O) groups excluding carboxylic acids is 2. The molecule has 1 aliphatic rings. The molecule has 162 valence electrons. The van der Waals surface area contributed by atoms with Crippen LogP contribution in [-0.2, 0) is 20.7 Å². The van der Waals surface area contributed by atoms with Crippen LogP contribution >= 0.6 is 11.6 Å². The van der Waals surface area contributed by atoms with E-state index < -0.39 is 6.04 Å². The van der Waals surface area contributed by atoms with Crippen LogP contribution < -0.4 is 0 Å². The van der Waals surface area contributed by atoms with E-state index in [0.29, 0.717) is 44.0 Å². The quantitative estimate of drug-likeness (QED) is 0.593. The Balaban J connectivity index is 1.36. The van der Waals surface area contributed by atoms with E-state index in [2.05, 4.69) is 16.0 Å². The van der Waals surface area contributed by atoms with E-state index in [9.17, 15) is 9.59 Å². The molecule has 1 saturated heterocycles. The number of methoxy groups -OCH3 is 1. The number of para-hydroxylation sites is 1. The van der Waals surface area contributed by atoms with E-state index >= 15 is 0 Å². The van der Waals surface area contributed by atoms with Crippen LogP contribution in [0.25, 0.3) is 10.9 Å². The number of aryl methyl sites for hydroxylation is 1. The van der Waals surface area contributed by atoms with E-state index in [4.69, 9.17) is 16.3 Å². The fourth-order valence-electron chi connectivity index (χ4n) is 4.22. The van der Waals surface area contributed by atoms with Crippen molar-refractivity contribution in [1.82, 2.24) is 14.8 Å². The first kappa shape index (κ1) is 21.4. The lowest BCUT2D eigenvalue weighted by Crippen LogP contribution is -2.51. The summed E-state index contributed by atoms with van der Waals surface area (Å²) in [6, 6.07) is 14.9. The molecule has 4 rings (SSSR count). The number of esters is 1. The predicted octanol–water partition coefficient (Wildman–Crippen LogP) is 3.81. The second kappa shape index (κ2) is 9.54. The molecule has 2 heterocycles. The van der Waals surface area contributed by atoms with E-state index in [1.165, 1.54) is 12.5 Å². The van der Waals surface area contributed by atoms with E-state index in [0.717, 1.165) is 16.6 Å². The summed E-state index contributed by atoms with van der Waals surface area (Å²) in [5.41, 5.74) is 3.10. The molecule has 0 unspecified atom stereocenters. The molecular weight excluding hydrogens is 414 g/mol. The Morgan fingerprint density at radius 1 is 1.06 bits per heavy atom. The Morgan fingerprint density at radius 2 is 1.77 bits per heavy atom. The molecule has 3 aromatic rings. The number of ether oxygens (including phenoxy) is 1. The highest BCUT2D eigenvalue weighted by Crippen LogP contribution is 2.26. The Kier molecular flexibility index (Phi) is 6.59. The lowest BCUT2D eigenvalue weighted by molar-refractivity contribution is -0.148. The summed E-state index contributed by atoms with van der Waals surface area (Å²) in [5, 5.41) is 1.79. The normalized spacial score (nSPS) is 15.7. The number of fused-ring (bicyclic) bond motifs is 1. The van der Waals surface area contributed by atoms with Gasteiger partial charge in [-0.1, -0.05) is 41.9 Å². The van der Waals surface area contributed by atoms with Crippen molar-refractivity contribution in [3.63, 3.8) is 0 Å². The molecule has 1 amide bonds. The van der Waals surface area contributed by atoms with Crippen molar-refractivity contribution in [3.8, 4) is 0 Å². The van der Waals surface area contributed by atoms with Gasteiger partial charge < -0.3 is 14.6 Å². The largest absolute Gasteiger partial charge is 0.468 e. The number of hydrogen-bond acceptors (Lipinski definition) is 4. The molecule has 31 heavy (non-hydrogen) atoms. The molecule has 7 heteroatoms. The summed E-state index contributed by atoms with van der Waals surface area (Å²) in [4.78, 5) is 32.5. The number of carbonyl (C=O) groups is 2. The fraction of sp³-hybridized carbons (Fsp3) is 0.333. The zero-order chi connectivity index (χ0) is 21.8. The highest BCUT2D eigenvalue weighted by molar-refractivity contribution is 6.30. The van der Waals surface area contributed by atoms with Crippen molar-refractivity contribution in [3.05, 3.63) is 70.9 Å². The average molecular weight is 440 g/mol. The van der Waals surface area contributed by atoms with E-state index in [-0.39, 0.29) is 11.9 Å². The molecule has 1 aromatic heterocycles. The first-order chi connectivity index (χ1) is 15.1. The van der Waals surface area contributed by atoms with E-state index in [1.807, 2.05) is 41.4 Å². The van der Waals surface area contributed by atoms with Crippen LogP contribution in [0.15, 0.2) is 54.7 Å². The average Bonchev–Trinajstić information content (AvgIpc) is 3.22. The summed E-state index contributed by atoms with van der Waals surface area (Å²) in [6.07, 6.45) is 3.17. The highest BCUT2D eigenvalue weighted by Gasteiger charge is 2.32. The molecule has 1 fully saturated rings. The number of amides is 1. The van der Waals surface area contributed by atoms with Crippen LogP contribution in [0, 0.1) is 0 Å². The van der Waals surface area contributed by atoms with Crippen molar-refractivity contribution in [1.29, 1.82) is 0 Å². The molecule has 0 radical (unpaired) electrons. The van der Waals surface area contributed by atoms with Crippen molar-refractivity contribution in [2.45, 2.75) is 18.9 Å². The minimum atomic E-state index is -0.495. The van der Waals surface area contributed by atoms with Crippen LogP contribution in [0.1, 0.15) is 23.6 Å². The van der Waals surface area contributed by atoms with Gasteiger partial charge in [0.05, 0.1) is 7.11 Å². The summed E-state index contributed by atoms with van der Waals surface area (Å²) in [5.74, 6) is -0.160. The number of benzene rings is 2. The number of rotatable bonds is 6. The van der Waals surface area contributed by atoms with Gasteiger partial charge in [0, 0.05) is 54.7 Å². The Labute approximate surface area is 186 Å². The molecule has 0 aliphatic carbocycles. The number of halogens is 1. The number of hydrogen-bond donors (Lipinski definition) is 1. The Morgan fingerprint density at radius 3 is 2.48 bits per heavy atom. The van der Waals surface area contributed by atoms with Crippen molar-refractivity contribution >= 4 is 34.4 Å². The van der Waals surface area contributed by atoms with Gasteiger partial charge in [0.25, 0.3) is 0 Å². The predicted molar refractivity (Wildman–Crippen MR) is 121 cm³/mol. The molecule has 1 aliphatic heterocycles. The van der Waals surface area contributed by atoms with Gasteiger partial charge in [0.2, 0.25) is 5.91 Å². The number of aromatic amines is 1. The number of H-pyrrole nitrogens is 1. The maximum atomic E-state index is 12.8. The maximum absolute atomic E-state index is 12.8. The van der Waals surface area contributed by atoms with Gasteiger partial charge in [-0.25, -0.2) is 4.79 Å². The van der Waals surface area contributed by atoms with Crippen LogP contribution in [0.3, 0.4) is 0 Å². The molecule has 6 nitrogen and oxygen atoms in total. The number of aromatic nitrogens is 1. The lowest BCUT2D eigenvalue weighted by Gasteiger charge is -2.38. The molecule has 1 N–H and O–H groups in total. The Hall–Kier alpha value is -2.83. The van der Waals surface area contributed by atoms with Crippen molar-refractivity contribution < 1.29 is 14.3 Å². The summed E-state index contributed by atoms with van der Waals surface area (Å²) in [7, 11) is 1.40. The van der Waals surface area contributed by atoms with Gasteiger partial charge in [-0.2, -0.15) is 0 Å². The maximum Gasteiger partial charge on any atom is 0.327 e. The van der Waals surface area contributed by atoms with Crippen LogP contribution in [0.5, 0.6) is 0 Å². The lowest BCUT2D eigenvalue weighted by atomic mass is 10.0. The smallest absolute Gasteiger partial charge is 0.327 e. The molecule has 2 aromatic carbocycles. The van der Waals surface area contributed by atoms with Gasteiger partial charge in [0.1, 0.15) is 6.04 Å². The molecule has 0 bridgehead atoms. The van der Waals surface area contributed by atoms with Crippen molar-refractivity contribution in [2.24, 2.45) is 0 Å². The SMILES string of the molecule is COC(=O)[C@@H](c1ccc(Cl)cc1)N1CCN(C(=O)CCc2c[nH]c3ccccc23)CC1. The summed E-state index contributed by atoms with van der Waals surface area (Å²) < 4.78 is 5.04. The van der Waals surface area contributed by atoms with Gasteiger partial charge in [-0.15, -0.1) is 0 Å². The second-order valence-corrected chi connectivity index (χ2v) is 8.19. The minimum Gasteiger partial charge on any atom is -0.468 e. The third-order valence-electron chi connectivity index (χ3n) is 5.93. The Bertz CT molecular complexity index is 1060. The fourth-order valence-corrected chi connectivity index (χ4v) is 4.35. The monoisotopic (exact) mass is 439 g/mol. The third kappa shape index (κ3) is 4.75. The van der Waals surface area contributed by atoms with Gasteiger partial charge in [-0.3, -0.25) is 9.69 Å². The highest BCUT2D eigenvalue weighted by atomic mass is 35.5. The molecule has 1 atom stereocenters. The molecule has 0 saturated carbocycles. The number of nitrogens with one attached hydrogen (secondary N) is 1. The third-order valence-corrected chi connectivity index (χ3v) is 6.18. The van der Waals surface area contributed by atoms with Gasteiger partial charge in [0.15, 0.2) is 0 Å². The molecule has 0 spiro atoms. The first-order valence-electron chi connectivity index (χ1n) is 10.5. The zero-order valence-corrected chi connectivity index (χ0v) is 18.3. The van der Waals surface area contributed by atoms with Crippen LogP contribution in [0.4, 0.5) is 0 Å². The topological polar surface area (TPSA) is 65.6 Å². The van der Waals surface area contributed by atoms with Crippen LogP contribution in [0.2, 0.25) is 5.02 Å². The number of piperazine rings is 1. The number of nitrogens with zero attached hydrogens (tertiary/aromatic N) is 2. The van der Waals surface area contributed by atoms with Gasteiger partial charge >= 0.3 is 5.97 Å². The first-order valence-corrected chi connectivity index (χ1v) is 10.8.